The van der Waals surface area contributed by atoms with Crippen LogP contribution in [0.15, 0.2) is 29.3 Å². The molecule has 0 spiro atoms. The summed E-state index contributed by atoms with van der Waals surface area (Å²) in [5.41, 5.74) is 0. The highest BCUT2D eigenvalue weighted by molar-refractivity contribution is 5.79. The van der Waals surface area contributed by atoms with Crippen LogP contribution in [-0.2, 0) is 9.47 Å². The van der Waals surface area contributed by atoms with Crippen molar-refractivity contribution in [3.63, 3.8) is 0 Å². The van der Waals surface area contributed by atoms with Gasteiger partial charge in [-0.2, -0.15) is 0 Å². The Kier molecular flexibility index (Phi) is 11.4. The number of guanidine groups is 1. The van der Waals surface area contributed by atoms with Crippen molar-refractivity contribution in [3.05, 3.63) is 30.1 Å². The molecule has 0 amide bonds. The highest BCUT2D eigenvalue weighted by Crippen LogP contribution is 2.16. The summed E-state index contributed by atoms with van der Waals surface area (Å²) in [6.45, 7) is 5.19. The minimum absolute atomic E-state index is 0.190. The number of rotatable bonds is 12. The molecule has 1 rings (SSSR count). The fourth-order valence-corrected chi connectivity index (χ4v) is 2.04. The van der Waals surface area contributed by atoms with Crippen molar-refractivity contribution < 1.29 is 18.6 Å². The Balaban J connectivity index is 2.14. The summed E-state index contributed by atoms with van der Waals surface area (Å²) in [7, 11) is 3.37. The zero-order chi connectivity index (χ0) is 18.3. The van der Waals surface area contributed by atoms with Gasteiger partial charge in [0.15, 0.2) is 17.5 Å². The van der Waals surface area contributed by atoms with Crippen LogP contribution in [0.3, 0.4) is 0 Å². The van der Waals surface area contributed by atoms with Gasteiger partial charge in [0.1, 0.15) is 6.10 Å². The molecular weight excluding hydrogens is 325 g/mol. The molecule has 0 heterocycles. The first kappa shape index (κ1) is 21.2. The first-order valence-corrected chi connectivity index (χ1v) is 8.59. The van der Waals surface area contributed by atoms with Gasteiger partial charge in [-0.15, -0.1) is 0 Å². The maximum absolute atomic E-state index is 13.6. The van der Waals surface area contributed by atoms with Crippen LogP contribution in [0.2, 0.25) is 0 Å². The average molecular weight is 355 g/mol. The second-order valence-corrected chi connectivity index (χ2v) is 5.55. The van der Waals surface area contributed by atoms with Crippen LogP contribution in [0.5, 0.6) is 5.75 Å². The van der Waals surface area contributed by atoms with Crippen molar-refractivity contribution in [1.29, 1.82) is 0 Å². The Bertz CT molecular complexity index is 500. The lowest BCUT2D eigenvalue weighted by molar-refractivity contribution is 0.0689. The molecule has 1 atom stereocenters. The Morgan fingerprint density at radius 1 is 1.16 bits per heavy atom. The van der Waals surface area contributed by atoms with Gasteiger partial charge in [-0.1, -0.05) is 12.1 Å². The van der Waals surface area contributed by atoms with Gasteiger partial charge in [0.2, 0.25) is 0 Å². The highest BCUT2D eigenvalue weighted by atomic mass is 19.1. The topological polar surface area (TPSA) is 64.1 Å². The Morgan fingerprint density at radius 2 is 1.96 bits per heavy atom. The molecule has 0 saturated heterocycles. The van der Waals surface area contributed by atoms with Crippen LogP contribution < -0.4 is 15.4 Å². The Morgan fingerprint density at radius 3 is 2.68 bits per heavy atom. The molecule has 1 aromatic carbocycles. The van der Waals surface area contributed by atoms with E-state index in [-0.39, 0.29) is 17.7 Å². The van der Waals surface area contributed by atoms with Crippen LogP contribution in [0.4, 0.5) is 4.39 Å². The van der Waals surface area contributed by atoms with Crippen LogP contribution in [0.25, 0.3) is 0 Å². The molecule has 0 aliphatic rings. The molecule has 1 unspecified atom stereocenters. The molecule has 6 nitrogen and oxygen atoms in total. The number of nitrogens with one attached hydrogen (secondary N) is 2. The maximum Gasteiger partial charge on any atom is 0.191 e. The van der Waals surface area contributed by atoms with Gasteiger partial charge in [-0.3, -0.25) is 4.99 Å². The molecule has 0 radical (unpaired) electrons. The number of hydrogen-bond acceptors (Lipinski definition) is 4. The van der Waals surface area contributed by atoms with Crippen molar-refractivity contribution in [2.45, 2.75) is 25.9 Å². The molecule has 142 valence electrons. The molecule has 1 aromatic rings. The number of nitrogens with zero attached hydrogens (tertiary/aromatic N) is 1. The van der Waals surface area contributed by atoms with Gasteiger partial charge >= 0.3 is 0 Å². The van der Waals surface area contributed by atoms with Crippen molar-refractivity contribution >= 4 is 5.96 Å². The third-order valence-corrected chi connectivity index (χ3v) is 3.39. The molecule has 0 aromatic heterocycles. The fraction of sp³-hybridized carbons (Fsp3) is 0.611. The predicted molar refractivity (Wildman–Crippen MR) is 97.8 cm³/mol. The van der Waals surface area contributed by atoms with Crippen LogP contribution in [-0.4, -0.2) is 59.1 Å². The number of ether oxygens (including phenoxy) is 3. The summed E-state index contributed by atoms with van der Waals surface area (Å²) in [4.78, 5) is 4.16. The summed E-state index contributed by atoms with van der Waals surface area (Å²) in [6.07, 6.45) is 1.76. The lowest BCUT2D eigenvalue weighted by Crippen LogP contribution is -2.42. The van der Waals surface area contributed by atoms with E-state index in [0.717, 1.165) is 26.0 Å². The molecule has 7 heteroatoms. The smallest absolute Gasteiger partial charge is 0.191 e. The summed E-state index contributed by atoms with van der Waals surface area (Å²) < 4.78 is 29.5. The monoisotopic (exact) mass is 355 g/mol. The molecule has 0 aliphatic carbocycles. The van der Waals surface area contributed by atoms with E-state index in [9.17, 15) is 4.39 Å². The first-order valence-electron chi connectivity index (χ1n) is 8.59. The number of hydrogen-bond donors (Lipinski definition) is 2. The van der Waals surface area contributed by atoms with Crippen LogP contribution in [0.1, 0.15) is 19.8 Å². The number of aliphatic imine (C=N–C) groups is 1. The van der Waals surface area contributed by atoms with E-state index in [2.05, 4.69) is 15.6 Å². The minimum atomic E-state index is -0.357. The summed E-state index contributed by atoms with van der Waals surface area (Å²) in [6, 6.07) is 6.39. The third kappa shape index (κ3) is 9.89. The van der Waals surface area contributed by atoms with Crippen LogP contribution >= 0.6 is 0 Å². The largest absolute Gasteiger partial charge is 0.486 e. The summed E-state index contributed by atoms with van der Waals surface area (Å²) >= 11 is 0. The second-order valence-electron chi connectivity index (χ2n) is 5.55. The van der Waals surface area contributed by atoms with Crippen LogP contribution in [0, 0.1) is 5.82 Å². The zero-order valence-corrected chi connectivity index (χ0v) is 15.4. The lowest BCUT2D eigenvalue weighted by Gasteiger charge is -2.18. The summed E-state index contributed by atoms with van der Waals surface area (Å²) in [5.74, 6) is 0.599. The minimum Gasteiger partial charge on any atom is -0.486 e. The van der Waals surface area contributed by atoms with Gasteiger partial charge in [-0.05, 0) is 31.9 Å². The van der Waals surface area contributed by atoms with Crippen molar-refractivity contribution in [1.82, 2.24) is 10.6 Å². The molecule has 25 heavy (non-hydrogen) atoms. The average Bonchev–Trinajstić information content (AvgIpc) is 2.62. The van der Waals surface area contributed by atoms with E-state index in [4.69, 9.17) is 14.2 Å². The van der Waals surface area contributed by atoms with Gasteiger partial charge < -0.3 is 24.8 Å². The normalized spacial score (nSPS) is 12.7. The van der Waals surface area contributed by atoms with E-state index in [1.165, 1.54) is 6.07 Å². The van der Waals surface area contributed by atoms with E-state index >= 15 is 0 Å². The van der Waals surface area contributed by atoms with Gasteiger partial charge in [0, 0.05) is 27.3 Å². The third-order valence-electron chi connectivity index (χ3n) is 3.39. The number of halogens is 1. The SMILES string of the molecule is CN=C(NCCCCOCCOC)NCC(C)Oc1ccccc1F. The van der Waals surface area contributed by atoms with Gasteiger partial charge in [0.05, 0.1) is 19.8 Å². The van der Waals surface area contributed by atoms with Crippen molar-refractivity contribution in [2.24, 2.45) is 4.99 Å². The molecule has 0 fully saturated rings. The first-order chi connectivity index (χ1) is 12.2. The lowest BCUT2D eigenvalue weighted by atomic mass is 10.3. The summed E-state index contributed by atoms with van der Waals surface area (Å²) in [5, 5.41) is 6.40. The number of methoxy groups -OCH3 is 1. The standard InChI is InChI=1S/C18H30FN3O3/c1-15(25-17-9-5-4-8-16(17)19)14-22-18(20-2)21-10-6-7-11-24-13-12-23-3/h4-5,8-9,15H,6-7,10-14H2,1-3H3,(H2,20,21,22). The van der Waals surface area contributed by atoms with Crippen molar-refractivity contribution in [2.75, 3.05) is 47.1 Å². The van der Waals surface area contributed by atoms with E-state index < -0.39 is 0 Å². The number of para-hydroxylation sites is 1. The predicted octanol–water partition coefficient (Wildman–Crippen LogP) is 2.20. The van der Waals surface area contributed by atoms with E-state index in [1.807, 2.05) is 6.92 Å². The zero-order valence-electron chi connectivity index (χ0n) is 15.4. The number of benzene rings is 1. The second kappa shape index (κ2) is 13.4. The van der Waals surface area contributed by atoms with E-state index in [1.54, 1.807) is 32.4 Å². The molecule has 2 N–H and O–H groups in total. The van der Waals surface area contributed by atoms with Crippen molar-refractivity contribution in [3.8, 4) is 5.75 Å². The van der Waals surface area contributed by atoms with Gasteiger partial charge in [0.25, 0.3) is 0 Å². The van der Waals surface area contributed by atoms with E-state index in [0.29, 0.717) is 25.7 Å². The highest BCUT2D eigenvalue weighted by Gasteiger charge is 2.08. The van der Waals surface area contributed by atoms with Gasteiger partial charge in [-0.25, -0.2) is 4.39 Å². The molecule has 0 aliphatic heterocycles. The Labute approximate surface area is 149 Å². The maximum atomic E-state index is 13.6. The Hall–Kier alpha value is -1.86. The fourth-order valence-electron chi connectivity index (χ4n) is 2.04. The quantitative estimate of drug-likeness (QED) is 0.342. The molecule has 0 bridgehead atoms. The molecule has 0 saturated carbocycles. The number of unbranched alkanes of at least 4 members (excludes halogenated alkanes) is 1. The molecular formula is C18H30FN3O3.